The minimum atomic E-state index is -1.14. The summed E-state index contributed by atoms with van der Waals surface area (Å²) in [5, 5.41) is 23.3. The Balaban J connectivity index is 1.90. The molecule has 1 aliphatic rings. The van der Waals surface area contributed by atoms with Gasteiger partial charge in [-0.25, -0.2) is 4.68 Å². The lowest BCUT2D eigenvalue weighted by atomic mass is 10.3. The van der Waals surface area contributed by atoms with Crippen LogP contribution in [0, 0.1) is 0 Å². The molecule has 2 aromatic heterocycles. The number of anilines is 1. The fourth-order valence-electron chi connectivity index (χ4n) is 2.07. The molecule has 3 rings (SSSR count). The van der Waals surface area contributed by atoms with E-state index in [4.69, 9.17) is 21.4 Å². The monoisotopic (exact) mass is 296 g/mol. The highest BCUT2D eigenvalue weighted by atomic mass is 35.5. The molecule has 0 spiro atoms. The van der Waals surface area contributed by atoms with Crippen LogP contribution in [0.5, 0.6) is 0 Å². The number of aliphatic hydroxyl groups excluding tert-OH is 2. The van der Waals surface area contributed by atoms with Crippen molar-refractivity contribution in [2.45, 2.75) is 12.5 Å². The number of nitrogens with zero attached hydrogens (tertiary/aromatic N) is 4. The Morgan fingerprint density at radius 1 is 1.50 bits per heavy atom. The van der Waals surface area contributed by atoms with Gasteiger partial charge in [0.15, 0.2) is 5.15 Å². The van der Waals surface area contributed by atoms with Gasteiger partial charge in [0.05, 0.1) is 36.9 Å². The third-order valence-corrected chi connectivity index (χ3v) is 3.33. The smallest absolute Gasteiger partial charge is 0.238 e. The van der Waals surface area contributed by atoms with E-state index in [9.17, 15) is 5.11 Å². The molecule has 0 bridgehead atoms. The first-order chi connectivity index (χ1) is 9.69. The number of aliphatic hydroxyl groups is 2. The molecule has 0 radical (unpaired) electrons. The van der Waals surface area contributed by atoms with Gasteiger partial charge in [-0.3, -0.25) is 4.98 Å². The van der Waals surface area contributed by atoms with Crippen molar-refractivity contribution in [3.05, 3.63) is 35.9 Å². The molecule has 2 N–H and O–H groups in total. The molecule has 7 nitrogen and oxygen atoms in total. The van der Waals surface area contributed by atoms with Gasteiger partial charge in [-0.15, -0.1) is 0 Å². The van der Waals surface area contributed by atoms with Crippen molar-refractivity contribution in [3.8, 4) is 5.69 Å². The van der Waals surface area contributed by atoms with Crippen molar-refractivity contribution in [2.75, 3.05) is 18.1 Å². The zero-order valence-electron chi connectivity index (χ0n) is 10.4. The zero-order chi connectivity index (χ0) is 14.1. The summed E-state index contributed by atoms with van der Waals surface area (Å²) in [6.07, 6.45) is 3.42. The van der Waals surface area contributed by atoms with Crippen molar-refractivity contribution >= 4 is 17.3 Å². The highest BCUT2D eigenvalue weighted by molar-refractivity contribution is 6.32. The van der Waals surface area contributed by atoms with E-state index in [0.717, 1.165) is 5.69 Å². The van der Waals surface area contributed by atoms with Gasteiger partial charge < -0.3 is 19.8 Å². The highest BCUT2D eigenvalue weighted by Gasteiger charge is 2.33. The van der Waals surface area contributed by atoms with E-state index < -0.39 is 12.5 Å². The molecule has 0 aromatic carbocycles. The molecule has 2 unspecified atom stereocenters. The van der Waals surface area contributed by atoms with Gasteiger partial charge in [-0.05, 0) is 12.1 Å². The lowest BCUT2D eigenvalue weighted by Crippen LogP contribution is -2.29. The minimum absolute atomic E-state index is 0.165. The molecular weight excluding hydrogens is 284 g/mol. The molecule has 8 heteroatoms. The van der Waals surface area contributed by atoms with E-state index >= 15 is 0 Å². The van der Waals surface area contributed by atoms with Gasteiger partial charge in [0.2, 0.25) is 6.41 Å². The summed E-state index contributed by atoms with van der Waals surface area (Å²) in [6.45, 7) is 0.179. The first kappa shape index (κ1) is 13.3. The lowest BCUT2D eigenvalue weighted by Gasteiger charge is -2.18. The average Bonchev–Trinajstić information content (AvgIpc) is 3.02. The number of hydrogen-bond acceptors (Lipinski definition) is 6. The van der Waals surface area contributed by atoms with E-state index in [0.29, 0.717) is 12.2 Å². The standard InChI is InChI=1S/C12H13ClN4O3/c13-11-10(16-5-9(7-18)20-12(16)19)6-17(15-11)8-2-1-3-14-4-8/h1-4,6,9,12,18-19H,5,7H2. The molecule has 2 atom stereocenters. The molecule has 1 saturated heterocycles. The fraction of sp³-hybridized carbons (Fsp3) is 0.333. The van der Waals surface area contributed by atoms with Crippen molar-refractivity contribution < 1.29 is 14.9 Å². The second-order valence-electron chi connectivity index (χ2n) is 4.38. The van der Waals surface area contributed by atoms with Crippen LogP contribution < -0.4 is 4.90 Å². The molecular formula is C12H13ClN4O3. The van der Waals surface area contributed by atoms with Crippen LogP contribution in [-0.2, 0) is 4.74 Å². The summed E-state index contributed by atoms with van der Waals surface area (Å²) < 4.78 is 6.74. The van der Waals surface area contributed by atoms with Crippen LogP contribution >= 0.6 is 11.6 Å². The number of aromatic nitrogens is 3. The lowest BCUT2D eigenvalue weighted by molar-refractivity contribution is -0.0989. The van der Waals surface area contributed by atoms with Crippen LogP contribution in [0.2, 0.25) is 5.15 Å². The van der Waals surface area contributed by atoms with Gasteiger partial charge >= 0.3 is 0 Å². The topological polar surface area (TPSA) is 83.6 Å². The van der Waals surface area contributed by atoms with Crippen molar-refractivity contribution in [3.63, 3.8) is 0 Å². The van der Waals surface area contributed by atoms with Crippen LogP contribution in [-0.4, -0.2) is 50.6 Å². The largest absolute Gasteiger partial charge is 0.394 e. The van der Waals surface area contributed by atoms with E-state index in [1.54, 1.807) is 34.2 Å². The third kappa shape index (κ3) is 2.36. The Hall–Kier alpha value is -1.67. The fourth-order valence-corrected chi connectivity index (χ4v) is 2.31. The number of hydrogen-bond donors (Lipinski definition) is 2. The maximum Gasteiger partial charge on any atom is 0.238 e. The summed E-state index contributed by atoms with van der Waals surface area (Å²) in [5.41, 5.74) is 1.30. The van der Waals surface area contributed by atoms with E-state index in [2.05, 4.69) is 10.1 Å². The van der Waals surface area contributed by atoms with Crippen LogP contribution in [0.3, 0.4) is 0 Å². The van der Waals surface area contributed by atoms with Gasteiger partial charge in [0.1, 0.15) is 6.10 Å². The van der Waals surface area contributed by atoms with Crippen molar-refractivity contribution in [2.24, 2.45) is 0 Å². The summed E-state index contributed by atoms with van der Waals surface area (Å²) in [6, 6.07) is 3.63. The Kier molecular flexibility index (Phi) is 3.58. The summed E-state index contributed by atoms with van der Waals surface area (Å²) >= 11 is 6.11. The predicted octanol–water partition coefficient (Wildman–Crippen LogP) is 0.394. The minimum Gasteiger partial charge on any atom is -0.394 e. The second-order valence-corrected chi connectivity index (χ2v) is 4.74. The zero-order valence-corrected chi connectivity index (χ0v) is 11.2. The Labute approximate surface area is 120 Å². The molecule has 0 aliphatic carbocycles. The Morgan fingerprint density at radius 3 is 3.00 bits per heavy atom. The summed E-state index contributed by atoms with van der Waals surface area (Å²) in [4.78, 5) is 5.56. The first-order valence-corrected chi connectivity index (χ1v) is 6.43. The average molecular weight is 297 g/mol. The van der Waals surface area contributed by atoms with Crippen LogP contribution in [0.25, 0.3) is 5.69 Å². The predicted molar refractivity (Wildman–Crippen MR) is 71.7 cm³/mol. The Bertz CT molecular complexity index is 592. The van der Waals surface area contributed by atoms with Gasteiger partial charge in [-0.1, -0.05) is 11.6 Å². The van der Waals surface area contributed by atoms with E-state index in [1.807, 2.05) is 6.07 Å². The maximum atomic E-state index is 9.83. The second kappa shape index (κ2) is 5.37. The maximum absolute atomic E-state index is 9.83. The molecule has 106 valence electrons. The highest BCUT2D eigenvalue weighted by Crippen LogP contribution is 2.30. The van der Waals surface area contributed by atoms with E-state index in [-0.39, 0.29) is 11.8 Å². The molecule has 20 heavy (non-hydrogen) atoms. The molecule has 0 amide bonds. The summed E-state index contributed by atoms with van der Waals surface area (Å²) in [5.74, 6) is 0. The Morgan fingerprint density at radius 2 is 2.35 bits per heavy atom. The van der Waals surface area contributed by atoms with Gasteiger partial charge in [-0.2, -0.15) is 5.10 Å². The van der Waals surface area contributed by atoms with Crippen molar-refractivity contribution in [1.82, 2.24) is 14.8 Å². The van der Waals surface area contributed by atoms with Crippen LogP contribution in [0.15, 0.2) is 30.7 Å². The molecule has 1 fully saturated rings. The molecule has 3 heterocycles. The normalized spacial score (nSPS) is 22.4. The van der Waals surface area contributed by atoms with Crippen molar-refractivity contribution in [1.29, 1.82) is 0 Å². The quantitative estimate of drug-likeness (QED) is 0.853. The van der Waals surface area contributed by atoms with E-state index in [1.165, 1.54) is 0 Å². The number of rotatable bonds is 3. The van der Waals surface area contributed by atoms with Crippen LogP contribution in [0.1, 0.15) is 0 Å². The first-order valence-electron chi connectivity index (χ1n) is 6.05. The summed E-state index contributed by atoms with van der Waals surface area (Å²) in [7, 11) is 0. The van der Waals surface area contributed by atoms with Gasteiger partial charge in [0.25, 0.3) is 0 Å². The number of ether oxygens (including phenoxy) is 1. The molecule has 1 aliphatic heterocycles. The SMILES string of the molecule is OCC1CN(c2cn(-c3cccnc3)nc2Cl)C(O)O1. The van der Waals surface area contributed by atoms with Gasteiger partial charge in [0, 0.05) is 6.20 Å². The number of halogens is 1. The molecule has 2 aromatic rings. The van der Waals surface area contributed by atoms with Crippen LogP contribution in [0.4, 0.5) is 5.69 Å². The number of pyridine rings is 1. The third-order valence-electron chi connectivity index (χ3n) is 3.06. The molecule has 0 saturated carbocycles.